The summed E-state index contributed by atoms with van der Waals surface area (Å²) in [6.07, 6.45) is 3.52. The lowest BCUT2D eigenvalue weighted by Crippen LogP contribution is -2.18. The first kappa shape index (κ1) is 13.2. The highest BCUT2D eigenvalue weighted by atomic mass is 35.5. The molecule has 1 amide bonds. The average molecular weight is 267 g/mol. The molecule has 1 aliphatic carbocycles. The normalized spacial score (nSPS) is 21.8. The number of nitrogens with one attached hydrogen (secondary N) is 1. The maximum atomic E-state index is 11.2. The Morgan fingerprint density at radius 3 is 2.78 bits per heavy atom. The number of halogens is 1. The second kappa shape index (κ2) is 4.81. The number of rotatable bonds is 3. The molecular weight excluding hydrogens is 248 g/mol. The zero-order valence-electron chi connectivity index (χ0n) is 10.8. The number of hydrogen-bond donors (Lipinski definition) is 2. The van der Waals surface area contributed by atoms with Crippen molar-refractivity contribution in [1.82, 2.24) is 0 Å². The van der Waals surface area contributed by atoms with Crippen LogP contribution >= 0.6 is 11.6 Å². The highest BCUT2D eigenvalue weighted by Crippen LogP contribution is 2.38. The summed E-state index contributed by atoms with van der Waals surface area (Å²) in [4.78, 5) is 11.2. The summed E-state index contributed by atoms with van der Waals surface area (Å²) in [5.41, 5.74) is 6.97. The van der Waals surface area contributed by atoms with E-state index in [2.05, 4.69) is 19.2 Å². The van der Waals surface area contributed by atoms with Crippen LogP contribution < -0.4 is 11.1 Å². The molecule has 0 heterocycles. The quantitative estimate of drug-likeness (QED) is 0.881. The Morgan fingerprint density at radius 1 is 1.50 bits per heavy atom. The van der Waals surface area contributed by atoms with Gasteiger partial charge in [-0.2, -0.15) is 0 Å². The summed E-state index contributed by atoms with van der Waals surface area (Å²) in [5.74, 6) is -0.490. The topological polar surface area (TPSA) is 55.1 Å². The summed E-state index contributed by atoms with van der Waals surface area (Å²) in [5, 5.41) is 3.86. The fourth-order valence-corrected chi connectivity index (χ4v) is 2.81. The molecule has 0 bridgehead atoms. The number of primary amides is 1. The molecule has 1 fully saturated rings. The van der Waals surface area contributed by atoms with Crippen LogP contribution in [0.4, 0.5) is 5.69 Å². The molecular formula is C14H19ClN2O. The van der Waals surface area contributed by atoms with Crippen molar-refractivity contribution in [1.29, 1.82) is 0 Å². The minimum Gasteiger partial charge on any atom is -0.382 e. The minimum atomic E-state index is -0.490. The molecule has 0 saturated heterocycles. The van der Waals surface area contributed by atoms with Gasteiger partial charge in [0.2, 0.25) is 5.91 Å². The first-order valence-corrected chi connectivity index (χ1v) is 6.61. The van der Waals surface area contributed by atoms with Gasteiger partial charge in [-0.1, -0.05) is 25.4 Å². The van der Waals surface area contributed by atoms with E-state index in [0.717, 1.165) is 18.5 Å². The van der Waals surface area contributed by atoms with E-state index in [-0.39, 0.29) is 0 Å². The van der Waals surface area contributed by atoms with Gasteiger partial charge in [-0.3, -0.25) is 4.79 Å². The monoisotopic (exact) mass is 266 g/mol. The molecule has 98 valence electrons. The molecule has 1 aromatic carbocycles. The molecule has 1 unspecified atom stereocenters. The van der Waals surface area contributed by atoms with Crippen molar-refractivity contribution < 1.29 is 4.79 Å². The Morgan fingerprint density at radius 2 is 2.22 bits per heavy atom. The van der Waals surface area contributed by atoms with E-state index in [1.807, 2.05) is 6.07 Å². The van der Waals surface area contributed by atoms with Crippen LogP contribution in [0.15, 0.2) is 18.2 Å². The van der Waals surface area contributed by atoms with E-state index in [4.69, 9.17) is 17.3 Å². The Labute approximate surface area is 113 Å². The predicted octanol–water partition coefficient (Wildman–Crippen LogP) is 3.43. The van der Waals surface area contributed by atoms with Crippen LogP contribution in [0.5, 0.6) is 0 Å². The lowest BCUT2D eigenvalue weighted by molar-refractivity contribution is 0.100. The van der Waals surface area contributed by atoms with Crippen molar-refractivity contribution in [2.75, 3.05) is 5.32 Å². The second-order valence-electron chi connectivity index (χ2n) is 5.81. The van der Waals surface area contributed by atoms with Gasteiger partial charge < -0.3 is 11.1 Å². The molecule has 3 N–H and O–H groups in total. The average Bonchev–Trinajstić information content (AvgIpc) is 2.60. The lowest BCUT2D eigenvalue weighted by Gasteiger charge is -2.19. The molecule has 18 heavy (non-hydrogen) atoms. The van der Waals surface area contributed by atoms with Gasteiger partial charge in [-0.05, 0) is 42.9 Å². The Balaban J connectivity index is 2.11. The molecule has 0 aromatic heterocycles. The van der Waals surface area contributed by atoms with Gasteiger partial charge in [0.25, 0.3) is 0 Å². The molecule has 1 aromatic rings. The van der Waals surface area contributed by atoms with Gasteiger partial charge in [0.15, 0.2) is 0 Å². The molecule has 1 atom stereocenters. The number of anilines is 1. The van der Waals surface area contributed by atoms with Crippen LogP contribution in [-0.2, 0) is 0 Å². The number of carbonyl (C=O) groups is 1. The third kappa shape index (κ3) is 2.96. The van der Waals surface area contributed by atoms with Crippen molar-refractivity contribution in [3.63, 3.8) is 0 Å². The zero-order valence-corrected chi connectivity index (χ0v) is 11.6. The highest BCUT2D eigenvalue weighted by molar-refractivity contribution is 6.33. The van der Waals surface area contributed by atoms with Gasteiger partial charge >= 0.3 is 0 Å². The maximum absolute atomic E-state index is 11.2. The van der Waals surface area contributed by atoms with E-state index in [1.165, 1.54) is 6.42 Å². The molecule has 3 nitrogen and oxygen atoms in total. The van der Waals surface area contributed by atoms with E-state index in [9.17, 15) is 4.79 Å². The standard InChI is InChI=1S/C14H19ClN2O/c1-14(2)6-5-10(8-14)17-9-3-4-12(15)11(7-9)13(16)18/h3-4,7,10,17H,5-6,8H2,1-2H3,(H2,16,18). The van der Waals surface area contributed by atoms with Gasteiger partial charge in [0, 0.05) is 11.7 Å². The maximum Gasteiger partial charge on any atom is 0.250 e. The predicted molar refractivity (Wildman–Crippen MR) is 75.0 cm³/mol. The number of carbonyl (C=O) groups excluding carboxylic acids is 1. The largest absolute Gasteiger partial charge is 0.382 e. The molecule has 0 spiro atoms. The lowest BCUT2D eigenvalue weighted by atomic mass is 9.92. The van der Waals surface area contributed by atoms with Crippen molar-refractivity contribution in [2.45, 2.75) is 39.2 Å². The Kier molecular flexibility index (Phi) is 3.53. The van der Waals surface area contributed by atoms with Crippen LogP contribution in [0, 0.1) is 5.41 Å². The molecule has 1 aliphatic rings. The third-order valence-electron chi connectivity index (χ3n) is 3.57. The number of amides is 1. The van der Waals surface area contributed by atoms with Crippen molar-refractivity contribution in [3.05, 3.63) is 28.8 Å². The molecule has 4 heteroatoms. The highest BCUT2D eigenvalue weighted by Gasteiger charge is 2.30. The fourth-order valence-electron chi connectivity index (χ4n) is 2.60. The smallest absolute Gasteiger partial charge is 0.250 e. The van der Waals surface area contributed by atoms with E-state index in [0.29, 0.717) is 22.0 Å². The summed E-state index contributed by atoms with van der Waals surface area (Å²) >= 11 is 5.92. The number of benzene rings is 1. The summed E-state index contributed by atoms with van der Waals surface area (Å²) in [7, 11) is 0. The SMILES string of the molecule is CC1(C)CCC(Nc2ccc(Cl)c(C(N)=O)c2)C1. The number of hydrogen-bond acceptors (Lipinski definition) is 2. The second-order valence-corrected chi connectivity index (χ2v) is 6.21. The number of nitrogens with two attached hydrogens (primary N) is 1. The van der Waals surface area contributed by atoms with Gasteiger partial charge in [0.1, 0.15) is 0 Å². The van der Waals surface area contributed by atoms with Crippen LogP contribution in [0.2, 0.25) is 5.02 Å². The Hall–Kier alpha value is -1.22. The van der Waals surface area contributed by atoms with Crippen LogP contribution in [-0.4, -0.2) is 11.9 Å². The van der Waals surface area contributed by atoms with Gasteiger partial charge in [0.05, 0.1) is 10.6 Å². The molecule has 2 rings (SSSR count). The van der Waals surface area contributed by atoms with Gasteiger partial charge in [-0.25, -0.2) is 0 Å². The van der Waals surface area contributed by atoms with Crippen LogP contribution in [0.1, 0.15) is 43.5 Å². The van der Waals surface area contributed by atoms with Crippen molar-refractivity contribution >= 4 is 23.2 Å². The zero-order chi connectivity index (χ0) is 13.3. The fraction of sp³-hybridized carbons (Fsp3) is 0.500. The summed E-state index contributed by atoms with van der Waals surface area (Å²) < 4.78 is 0. The van der Waals surface area contributed by atoms with E-state index < -0.39 is 5.91 Å². The molecule has 0 radical (unpaired) electrons. The first-order chi connectivity index (χ1) is 8.37. The molecule has 1 saturated carbocycles. The Bertz CT molecular complexity index is 471. The van der Waals surface area contributed by atoms with E-state index >= 15 is 0 Å². The minimum absolute atomic E-state index is 0.374. The molecule has 0 aliphatic heterocycles. The van der Waals surface area contributed by atoms with Crippen LogP contribution in [0.25, 0.3) is 0 Å². The van der Waals surface area contributed by atoms with E-state index in [1.54, 1.807) is 12.1 Å². The van der Waals surface area contributed by atoms with Crippen LogP contribution in [0.3, 0.4) is 0 Å². The van der Waals surface area contributed by atoms with Crippen molar-refractivity contribution in [2.24, 2.45) is 11.1 Å². The first-order valence-electron chi connectivity index (χ1n) is 6.23. The summed E-state index contributed by atoms with van der Waals surface area (Å²) in [6.45, 7) is 4.57. The van der Waals surface area contributed by atoms with Gasteiger partial charge in [-0.15, -0.1) is 0 Å². The third-order valence-corrected chi connectivity index (χ3v) is 3.90. The van der Waals surface area contributed by atoms with Crippen molar-refractivity contribution in [3.8, 4) is 0 Å². The summed E-state index contributed by atoms with van der Waals surface area (Å²) in [6, 6.07) is 5.79.